The molecule has 20 heavy (non-hydrogen) atoms. The molecule has 0 bridgehead atoms. The maximum atomic E-state index is 11.7. The largest absolute Gasteiger partial charge is 0.380 e. The quantitative estimate of drug-likeness (QED) is 0.623. The van der Waals surface area contributed by atoms with Gasteiger partial charge >= 0.3 is 0 Å². The van der Waals surface area contributed by atoms with Gasteiger partial charge < -0.3 is 16.0 Å². The summed E-state index contributed by atoms with van der Waals surface area (Å²) in [6, 6.07) is 7.80. The minimum Gasteiger partial charge on any atom is -0.380 e. The molecule has 1 amide bonds. The van der Waals surface area contributed by atoms with Crippen molar-refractivity contribution in [3.05, 3.63) is 41.7 Å². The average molecular weight is 265 g/mol. The number of hydrogen-bond donors (Lipinski definition) is 3. The van der Waals surface area contributed by atoms with Crippen molar-refractivity contribution < 1.29 is 4.79 Å². The third-order valence-electron chi connectivity index (χ3n) is 3.58. The number of amides is 1. The molecule has 1 aromatic carbocycles. The molecule has 3 aromatic rings. The highest BCUT2D eigenvalue weighted by molar-refractivity contribution is 6.09. The number of benzene rings is 1. The van der Waals surface area contributed by atoms with Crippen molar-refractivity contribution in [1.82, 2.24) is 15.2 Å². The number of aromatic amines is 1. The van der Waals surface area contributed by atoms with Gasteiger partial charge in [0.2, 0.25) is 0 Å². The summed E-state index contributed by atoms with van der Waals surface area (Å²) in [6.07, 6.45) is 1.88. The molecule has 0 fully saturated rings. The van der Waals surface area contributed by atoms with E-state index in [1.165, 1.54) is 0 Å². The van der Waals surface area contributed by atoms with Crippen molar-refractivity contribution in [2.75, 3.05) is 5.32 Å². The van der Waals surface area contributed by atoms with E-state index in [0.717, 1.165) is 27.8 Å². The number of primary amides is 1. The predicted molar refractivity (Wildman–Crippen MR) is 75.2 cm³/mol. The smallest absolute Gasteiger partial charge is 0.269 e. The summed E-state index contributed by atoms with van der Waals surface area (Å²) in [5.41, 5.74) is 10.00. The molecule has 0 unspecified atom stereocenters. The molecule has 4 rings (SSSR count). The lowest BCUT2D eigenvalue weighted by Gasteiger charge is -2.10. The van der Waals surface area contributed by atoms with Crippen molar-refractivity contribution in [2.24, 2.45) is 5.73 Å². The zero-order chi connectivity index (χ0) is 13.7. The Kier molecular flexibility index (Phi) is 2.09. The first kappa shape index (κ1) is 11.0. The first-order chi connectivity index (χ1) is 9.75. The molecule has 98 valence electrons. The first-order valence-corrected chi connectivity index (χ1v) is 6.25. The average Bonchev–Trinajstić information content (AvgIpc) is 2.79. The Morgan fingerprint density at radius 2 is 2.10 bits per heavy atom. The molecule has 0 saturated heterocycles. The molecule has 1 aliphatic rings. The lowest BCUT2D eigenvalue weighted by Crippen LogP contribution is -2.15. The van der Waals surface area contributed by atoms with Gasteiger partial charge in [0.05, 0.1) is 0 Å². The van der Waals surface area contributed by atoms with Gasteiger partial charge in [0.25, 0.3) is 5.91 Å². The van der Waals surface area contributed by atoms with Crippen LogP contribution in [0.15, 0.2) is 30.5 Å². The number of hydrogen-bond acceptors (Lipinski definition) is 4. The third kappa shape index (κ3) is 1.36. The van der Waals surface area contributed by atoms with E-state index in [1.807, 2.05) is 30.5 Å². The summed E-state index contributed by atoms with van der Waals surface area (Å²) in [4.78, 5) is 14.8. The molecule has 4 N–H and O–H groups in total. The zero-order valence-corrected chi connectivity index (χ0v) is 10.5. The number of aromatic nitrogens is 3. The maximum Gasteiger partial charge on any atom is 0.269 e. The second-order valence-corrected chi connectivity index (χ2v) is 4.72. The van der Waals surface area contributed by atoms with E-state index in [1.54, 1.807) is 0 Å². The number of rotatable bonds is 1. The van der Waals surface area contributed by atoms with Crippen molar-refractivity contribution in [3.63, 3.8) is 0 Å². The van der Waals surface area contributed by atoms with E-state index in [2.05, 4.69) is 20.5 Å². The number of carbonyl (C=O) groups excluding carboxylic acids is 1. The Hall–Kier alpha value is -2.89. The SMILES string of the molecule is NC(=O)c1nnc2[nH]cc3c2c1-c1ccccc1NC3. The van der Waals surface area contributed by atoms with Crippen LogP contribution in [0.5, 0.6) is 0 Å². The van der Waals surface area contributed by atoms with Crippen molar-refractivity contribution in [2.45, 2.75) is 6.54 Å². The Morgan fingerprint density at radius 1 is 1.25 bits per heavy atom. The van der Waals surface area contributed by atoms with Crippen LogP contribution in [-0.4, -0.2) is 21.1 Å². The van der Waals surface area contributed by atoms with E-state index >= 15 is 0 Å². The van der Waals surface area contributed by atoms with Gasteiger partial charge in [-0.25, -0.2) is 0 Å². The summed E-state index contributed by atoms with van der Waals surface area (Å²) >= 11 is 0. The van der Waals surface area contributed by atoms with Crippen LogP contribution in [0, 0.1) is 0 Å². The van der Waals surface area contributed by atoms with Gasteiger partial charge in [0.1, 0.15) is 0 Å². The first-order valence-electron chi connectivity index (χ1n) is 6.25. The molecule has 6 heteroatoms. The number of anilines is 1. The Bertz CT molecular complexity index is 852. The Morgan fingerprint density at radius 3 is 2.95 bits per heavy atom. The summed E-state index contributed by atoms with van der Waals surface area (Å²) in [5.74, 6) is -0.571. The van der Waals surface area contributed by atoms with E-state index in [4.69, 9.17) is 5.73 Å². The second-order valence-electron chi connectivity index (χ2n) is 4.72. The topological polar surface area (TPSA) is 96.7 Å². The van der Waals surface area contributed by atoms with Gasteiger partial charge in [-0.1, -0.05) is 18.2 Å². The highest BCUT2D eigenvalue weighted by atomic mass is 16.1. The molecule has 3 heterocycles. The molecule has 6 nitrogen and oxygen atoms in total. The molecule has 1 aliphatic heterocycles. The second kappa shape index (κ2) is 3.80. The number of nitrogens with zero attached hydrogens (tertiary/aromatic N) is 2. The molecule has 0 radical (unpaired) electrons. The van der Waals surface area contributed by atoms with Gasteiger partial charge in [0.15, 0.2) is 11.3 Å². The highest BCUT2D eigenvalue weighted by Crippen LogP contribution is 2.39. The maximum absolute atomic E-state index is 11.7. The summed E-state index contributed by atoms with van der Waals surface area (Å²) in [6.45, 7) is 0.661. The lowest BCUT2D eigenvalue weighted by molar-refractivity contribution is 0.0995. The summed E-state index contributed by atoms with van der Waals surface area (Å²) in [7, 11) is 0. The monoisotopic (exact) mass is 265 g/mol. The van der Waals surface area contributed by atoms with Crippen LogP contribution in [0.4, 0.5) is 5.69 Å². The minimum absolute atomic E-state index is 0.203. The van der Waals surface area contributed by atoms with Crippen LogP contribution in [0.1, 0.15) is 16.1 Å². The molecule has 0 saturated carbocycles. The van der Waals surface area contributed by atoms with Crippen molar-refractivity contribution >= 4 is 22.6 Å². The highest BCUT2D eigenvalue weighted by Gasteiger charge is 2.24. The minimum atomic E-state index is -0.571. The Labute approximate surface area is 114 Å². The van der Waals surface area contributed by atoms with E-state index in [9.17, 15) is 4.79 Å². The summed E-state index contributed by atoms with van der Waals surface area (Å²) < 4.78 is 0. The molecule has 0 aliphatic carbocycles. The van der Waals surface area contributed by atoms with E-state index in [-0.39, 0.29) is 5.69 Å². The molecule has 0 spiro atoms. The van der Waals surface area contributed by atoms with E-state index in [0.29, 0.717) is 12.2 Å². The van der Waals surface area contributed by atoms with Gasteiger partial charge in [0, 0.05) is 34.9 Å². The van der Waals surface area contributed by atoms with Crippen LogP contribution in [0.2, 0.25) is 0 Å². The van der Waals surface area contributed by atoms with Gasteiger partial charge in [-0.3, -0.25) is 4.79 Å². The number of nitrogens with two attached hydrogens (primary N) is 1. The van der Waals surface area contributed by atoms with Crippen molar-refractivity contribution in [3.8, 4) is 11.1 Å². The van der Waals surface area contributed by atoms with E-state index < -0.39 is 5.91 Å². The predicted octanol–water partition coefficient (Wildman–Crippen LogP) is 1.65. The zero-order valence-electron chi connectivity index (χ0n) is 10.5. The number of H-pyrrole nitrogens is 1. The lowest BCUT2D eigenvalue weighted by atomic mass is 9.99. The van der Waals surface area contributed by atoms with Gasteiger partial charge in [-0.15, -0.1) is 10.2 Å². The Balaban J connectivity index is 2.21. The molecule has 2 aromatic heterocycles. The van der Waals surface area contributed by atoms with Gasteiger partial charge in [-0.2, -0.15) is 0 Å². The number of fused-ring (bicyclic) bond motifs is 2. The summed E-state index contributed by atoms with van der Waals surface area (Å²) in [5, 5.41) is 12.3. The van der Waals surface area contributed by atoms with Crippen LogP contribution >= 0.6 is 0 Å². The molecular formula is C14H11N5O. The molecule has 0 atom stereocenters. The fourth-order valence-corrected chi connectivity index (χ4v) is 2.70. The normalized spacial score (nSPS) is 12.6. The van der Waals surface area contributed by atoms with Crippen LogP contribution in [-0.2, 0) is 6.54 Å². The number of carbonyl (C=O) groups is 1. The van der Waals surface area contributed by atoms with Crippen LogP contribution < -0.4 is 11.1 Å². The van der Waals surface area contributed by atoms with Crippen LogP contribution in [0.3, 0.4) is 0 Å². The fourth-order valence-electron chi connectivity index (χ4n) is 2.70. The van der Waals surface area contributed by atoms with Crippen molar-refractivity contribution in [1.29, 1.82) is 0 Å². The molecular weight excluding hydrogens is 254 g/mol. The fraction of sp³-hybridized carbons (Fsp3) is 0.0714. The third-order valence-corrected chi connectivity index (χ3v) is 3.58. The number of nitrogens with one attached hydrogen (secondary N) is 2. The number of para-hydroxylation sites is 1. The van der Waals surface area contributed by atoms with Gasteiger partial charge in [-0.05, 0) is 11.6 Å². The standard InChI is InChI=1S/C14H11N5O/c15-13(20)12-11-8-3-1-2-4-9(8)16-5-7-6-17-14(10(7)11)19-18-12/h1-4,6,16H,5H2,(H2,15,20)(H,17,19). The van der Waals surface area contributed by atoms with Crippen LogP contribution in [0.25, 0.3) is 22.2 Å².